The lowest BCUT2D eigenvalue weighted by Gasteiger charge is -2.34. The van der Waals surface area contributed by atoms with Gasteiger partial charge < -0.3 is 19.7 Å². The molecule has 20 heavy (non-hydrogen) atoms. The van der Waals surface area contributed by atoms with E-state index >= 15 is 0 Å². The first-order valence-electron chi connectivity index (χ1n) is 6.83. The lowest BCUT2D eigenvalue weighted by molar-refractivity contribution is -0.162. The third-order valence-electron chi connectivity index (χ3n) is 3.36. The summed E-state index contributed by atoms with van der Waals surface area (Å²) in [6, 6.07) is 0. The minimum absolute atomic E-state index is 0.0150. The van der Waals surface area contributed by atoms with Gasteiger partial charge in [-0.15, -0.1) is 0 Å². The number of carbonyl (C=O) groups is 2. The van der Waals surface area contributed by atoms with Crippen LogP contribution in [0.1, 0.15) is 40.0 Å². The Morgan fingerprint density at radius 2 is 2.00 bits per heavy atom. The molecular formula is C14H22O6. The summed E-state index contributed by atoms with van der Waals surface area (Å²) in [7, 11) is 0. The lowest BCUT2D eigenvalue weighted by atomic mass is 9.91. The number of aliphatic carboxylic acids is 1. The maximum Gasteiger partial charge on any atom is 0.331 e. The number of ether oxygens (including phenoxy) is 2. The highest BCUT2D eigenvalue weighted by atomic mass is 16.6. The fourth-order valence-corrected chi connectivity index (χ4v) is 2.22. The molecule has 114 valence electrons. The molecular weight excluding hydrogens is 264 g/mol. The summed E-state index contributed by atoms with van der Waals surface area (Å²) in [6.07, 6.45) is 0.124. The molecule has 0 aromatic heterocycles. The van der Waals surface area contributed by atoms with Crippen molar-refractivity contribution in [3.8, 4) is 0 Å². The first-order chi connectivity index (χ1) is 9.38. The maximum atomic E-state index is 11.1. The van der Waals surface area contributed by atoms with Crippen LogP contribution in [0.4, 0.5) is 0 Å². The average Bonchev–Trinajstić information content (AvgIpc) is 2.38. The van der Waals surface area contributed by atoms with E-state index in [-0.39, 0.29) is 18.1 Å². The third kappa shape index (κ3) is 4.31. The van der Waals surface area contributed by atoms with Gasteiger partial charge in [-0.2, -0.15) is 0 Å². The van der Waals surface area contributed by atoms with E-state index in [1.165, 1.54) is 13.0 Å². The standard InChI is InChI=1S/C14H22O6/c1-4-10(5-2)20-12-7-9(14(17)18)6-11(13(12)16)19-8(3)15/h7,10-13,16H,4-6H2,1-3H3,(H,17,18)/t11-,12+,13?/m0/s1. The summed E-state index contributed by atoms with van der Waals surface area (Å²) in [5, 5.41) is 19.3. The van der Waals surface area contributed by atoms with E-state index < -0.39 is 30.3 Å². The van der Waals surface area contributed by atoms with Crippen LogP contribution in [0.15, 0.2) is 11.6 Å². The Labute approximate surface area is 118 Å². The molecule has 1 rings (SSSR count). The molecule has 6 heteroatoms. The van der Waals surface area contributed by atoms with Gasteiger partial charge in [-0.1, -0.05) is 13.8 Å². The summed E-state index contributed by atoms with van der Waals surface area (Å²) in [5.41, 5.74) is 0.0949. The molecule has 0 radical (unpaired) electrons. The number of esters is 1. The second-order valence-corrected chi connectivity index (χ2v) is 4.88. The molecule has 1 aliphatic carbocycles. The van der Waals surface area contributed by atoms with Crippen LogP contribution < -0.4 is 0 Å². The minimum Gasteiger partial charge on any atom is -0.478 e. The van der Waals surface area contributed by atoms with E-state index in [9.17, 15) is 14.7 Å². The van der Waals surface area contributed by atoms with Crippen LogP contribution in [-0.2, 0) is 19.1 Å². The fraction of sp³-hybridized carbons (Fsp3) is 0.714. The van der Waals surface area contributed by atoms with E-state index in [1.807, 2.05) is 13.8 Å². The van der Waals surface area contributed by atoms with Crippen molar-refractivity contribution in [2.24, 2.45) is 0 Å². The van der Waals surface area contributed by atoms with Gasteiger partial charge in [0.05, 0.1) is 6.10 Å². The van der Waals surface area contributed by atoms with Gasteiger partial charge in [0.15, 0.2) is 0 Å². The summed E-state index contributed by atoms with van der Waals surface area (Å²) >= 11 is 0. The Morgan fingerprint density at radius 1 is 1.40 bits per heavy atom. The molecule has 0 aromatic carbocycles. The molecule has 2 N–H and O–H groups in total. The fourth-order valence-electron chi connectivity index (χ4n) is 2.22. The monoisotopic (exact) mass is 286 g/mol. The van der Waals surface area contributed by atoms with Crippen molar-refractivity contribution < 1.29 is 29.3 Å². The van der Waals surface area contributed by atoms with Crippen LogP contribution in [0.2, 0.25) is 0 Å². The van der Waals surface area contributed by atoms with Crippen LogP contribution in [0.25, 0.3) is 0 Å². The number of hydrogen-bond acceptors (Lipinski definition) is 5. The predicted octanol–water partition coefficient (Wildman–Crippen LogP) is 1.27. The normalized spacial score (nSPS) is 26.2. The molecule has 0 heterocycles. The van der Waals surface area contributed by atoms with Crippen LogP contribution in [0, 0.1) is 0 Å². The highest BCUT2D eigenvalue weighted by molar-refractivity contribution is 5.87. The summed E-state index contributed by atoms with van der Waals surface area (Å²) in [5.74, 6) is -1.64. The molecule has 1 aliphatic rings. The van der Waals surface area contributed by atoms with E-state index in [0.717, 1.165) is 12.8 Å². The molecule has 0 fully saturated rings. The van der Waals surface area contributed by atoms with E-state index in [1.54, 1.807) is 0 Å². The van der Waals surface area contributed by atoms with Crippen molar-refractivity contribution >= 4 is 11.9 Å². The van der Waals surface area contributed by atoms with Gasteiger partial charge >= 0.3 is 11.9 Å². The van der Waals surface area contributed by atoms with E-state index in [0.29, 0.717) is 0 Å². The summed E-state index contributed by atoms with van der Waals surface area (Å²) in [6.45, 7) is 5.13. The van der Waals surface area contributed by atoms with Crippen molar-refractivity contribution in [3.63, 3.8) is 0 Å². The molecule has 6 nitrogen and oxygen atoms in total. The van der Waals surface area contributed by atoms with Gasteiger partial charge in [-0.3, -0.25) is 4.79 Å². The Morgan fingerprint density at radius 3 is 2.45 bits per heavy atom. The maximum absolute atomic E-state index is 11.1. The molecule has 1 unspecified atom stereocenters. The van der Waals surface area contributed by atoms with Gasteiger partial charge in [0.1, 0.15) is 18.3 Å². The SMILES string of the molecule is CCC(CC)O[C@@H]1C=C(C(=O)O)C[C@H](OC(C)=O)C1O. The van der Waals surface area contributed by atoms with Crippen LogP contribution in [0.3, 0.4) is 0 Å². The van der Waals surface area contributed by atoms with Gasteiger partial charge in [0, 0.05) is 18.9 Å². The molecule has 0 bridgehead atoms. The Hall–Kier alpha value is -1.40. The van der Waals surface area contributed by atoms with Crippen molar-refractivity contribution in [3.05, 3.63) is 11.6 Å². The molecule has 0 saturated heterocycles. The first-order valence-corrected chi connectivity index (χ1v) is 6.83. The zero-order valence-electron chi connectivity index (χ0n) is 12.0. The number of carbonyl (C=O) groups excluding carboxylic acids is 1. The van der Waals surface area contributed by atoms with Crippen LogP contribution in [0.5, 0.6) is 0 Å². The first kappa shape index (κ1) is 16.7. The zero-order chi connectivity index (χ0) is 15.3. The number of aliphatic hydroxyl groups excluding tert-OH is 1. The molecule has 0 spiro atoms. The molecule has 0 saturated carbocycles. The quantitative estimate of drug-likeness (QED) is 0.714. The van der Waals surface area contributed by atoms with Crippen LogP contribution in [-0.4, -0.2) is 46.6 Å². The number of aliphatic hydroxyl groups is 1. The van der Waals surface area contributed by atoms with Gasteiger partial charge in [-0.05, 0) is 18.9 Å². The van der Waals surface area contributed by atoms with Crippen molar-refractivity contribution in [1.29, 1.82) is 0 Å². The largest absolute Gasteiger partial charge is 0.478 e. The number of hydrogen-bond donors (Lipinski definition) is 2. The zero-order valence-corrected chi connectivity index (χ0v) is 12.0. The lowest BCUT2D eigenvalue weighted by Crippen LogP contribution is -2.45. The highest BCUT2D eigenvalue weighted by Crippen LogP contribution is 2.26. The predicted molar refractivity (Wildman–Crippen MR) is 71.1 cm³/mol. The molecule has 3 atom stereocenters. The van der Waals surface area contributed by atoms with Crippen molar-refractivity contribution in [2.45, 2.75) is 64.4 Å². The minimum atomic E-state index is -1.09. The number of carboxylic acid groups (broad SMARTS) is 1. The third-order valence-corrected chi connectivity index (χ3v) is 3.36. The highest BCUT2D eigenvalue weighted by Gasteiger charge is 2.37. The molecule has 0 aromatic rings. The number of carboxylic acids is 1. The van der Waals surface area contributed by atoms with E-state index in [2.05, 4.69) is 0 Å². The second-order valence-electron chi connectivity index (χ2n) is 4.88. The second kappa shape index (κ2) is 7.40. The average molecular weight is 286 g/mol. The Kier molecular flexibility index (Phi) is 6.16. The Balaban J connectivity index is 2.90. The smallest absolute Gasteiger partial charge is 0.331 e. The number of rotatable bonds is 6. The van der Waals surface area contributed by atoms with Crippen molar-refractivity contribution in [1.82, 2.24) is 0 Å². The topological polar surface area (TPSA) is 93.1 Å². The van der Waals surface area contributed by atoms with Gasteiger partial charge in [0.2, 0.25) is 0 Å². The van der Waals surface area contributed by atoms with Gasteiger partial charge in [-0.25, -0.2) is 4.79 Å². The van der Waals surface area contributed by atoms with Crippen molar-refractivity contribution in [2.75, 3.05) is 0 Å². The van der Waals surface area contributed by atoms with Gasteiger partial charge in [0.25, 0.3) is 0 Å². The summed E-state index contributed by atoms with van der Waals surface area (Å²) < 4.78 is 10.7. The van der Waals surface area contributed by atoms with Crippen LogP contribution >= 0.6 is 0 Å². The van der Waals surface area contributed by atoms with E-state index in [4.69, 9.17) is 14.6 Å². The molecule has 0 amide bonds. The summed E-state index contributed by atoms with van der Waals surface area (Å²) in [4.78, 5) is 22.2. The molecule has 0 aliphatic heterocycles. The Bertz CT molecular complexity index is 385.